The average molecular weight is 301 g/mol. The van der Waals surface area contributed by atoms with Gasteiger partial charge in [0.25, 0.3) is 0 Å². The van der Waals surface area contributed by atoms with Crippen LogP contribution in [0.4, 0.5) is 0 Å². The molecule has 5 heteroatoms. The monoisotopic (exact) mass is 301 g/mol. The van der Waals surface area contributed by atoms with Crippen LogP contribution >= 0.6 is 0 Å². The highest BCUT2D eigenvalue weighted by atomic mass is 16.5. The number of benzene rings is 1. The second kappa shape index (κ2) is 6.18. The Kier molecular flexibility index (Phi) is 4.27. The van der Waals surface area contributed by atoms with Crippen LogP contribution in [0.25, 0.3) is 11.5 Å². The molecule has 3 rings (SSSR count). The standard InChI is InChI=1S/C17H23N3O2/c1-11-5-7-15(8-6-11)17-19-18-16(22-17)14(4)20-9-12(2)21-13(3)10-20/h5-8,12-14H,9-10H2,1-4H3/t12-,13+,14-/m0/s1. The quantitative estimate of drug-likeness (QED) is 0.871. The van der Waals surface area contributed by atoms with E-state index in [1.165, 1.54) is 5.56 Å². The molecule has 1 aromatic heterocycles. The lowest BCUT2D eigenvalue weighted by molar-refractivity contribution is -0.0814. The van der Waals surface area contributed by atoms with E-state index in [9.17, 15) is 0 Å². The summed E-state index contributed by atoms with van der Waals surface area (Å²) in [6, 6.07) is 8.22. The lowest BCUT2D eigenvalue weighted by Gasteiger charge is -2.37. The molecule has 1 aromatic carbocycles. The molecule has 0 aliphatic carbocycles. The number of rotatable bonds is 3. The summed E-state index contributed by atoms with van der Waals surface area (Å²) in [5.74, 6) is 1.24. The number of aromatic nitrogens is 2. The normalized spacial score (nSPS) is 24.4. The molecule has 0 unspecified atom stereocenters. The predicted molar refractivity (Wildman–Crippen MR) is 84.5 cm³/mol. The number of hydrogen-bond donors (Lipinski definition) is 0. The lowest BCUT2D eigenvalue weighted by Crippen LogP contribution is -2.46. The summed E-state index contributed by atoms with van der Waals surface area (Å²) in [5.41, 5.74) is 2.17. The third-order valence-corrected chi connectivity index (χ3v) is 4.09. The van der Waals surface area contributed by atoms with Gasteiger partial charge in [0.15, 0.2) is 0 Å². The van der Waals surface area contributed by atoms with Crippen LogP contribution < -0.4 is 0 Å². The molecule has 0 amide bonds. The maximum absolute atomic E-state index is 5.89. The van der Waals surface area contributed by atoms with Crippen LogP contribution in [0.2, 0.25) is 0 Å². The Morgan fingerprint density at radius 2 is 1.73 bits per heavy atom. The second-order valence-electron chi connectivity index (χ2n) is 6.20. The number of hydrogen-bond acceptors (Lipinski definition) is 5. The van der Waals surface area contributed by atoms with Gasteiger partial charge in [-0.15, -0.1) is 10.2 Å². The summed E-state index contributed by atoms with van der Waals surface area (Å²) >= 11 is 0. The first kappa shape index (κ1) is 15.2. The van der Waals surface area contributed by atoms with Gasteiger partial charge >= 0.3 is 0 Å². The number of nitrogens with zero attached hydrogens (tertiary/aromatic N) is 3. The van der Waals surface area contributed by atoms with Crippen LogP contribution in [0.5, 0.6) is 0 Å². The zero-order valence-corrected chi connectivity index (χ0v) is 13.6. The van der Waals surface area contributed by atoms with Crippen LogP contribution in [0.15, 0.2) is 28.7 Å². The minimum Gasteiger partial charge on any atom is -0.419 e. The van der Waals surface area contributed by atoms with Crippen molar-refractivity contribution in [1.82, 2.24) is 15.1 Å². The Labute approximate surface area is 131 Å². The molecule has 118 valence electrons. The number of morpholine rings is 1. The average Bonchev–Trinajstić information content (AvgIpc) is 2.96. The molecule has 2 heterocycles. The summed E-state index contributed by atoms with van der Waals surface area (Å²) in [5, 5.41) is 8.44. The van der Waals surface area contributed by atoms with Gasteiger partial charge < -0.3 is 9.15 Å². The van der Waals surface area contributed by atoms with Crippen molar-refractivity contribution in [1.29, 1.82) is 0 Å². The van der Waals surface area contributed by atoms with E-state index in [1.54, 1.807) is 0 Å². The van der Waals surface area contributed by atoms with Crippen LogP contribution in [0.3, 0.4) is 0 Å². The van der Waals surface area contributed by atoms with Crippen molar-refractivity contribution in [3.8, 4) is 11.5 Å². The van der Waals surface area contributed by atoms with Gasteiger partial charge in [-0.05, 0) is 39.8 Å². The highest BCUT2D eigenvalue weighted by Gasteiger charge is 2.29. The summed E-state index contributed by atoms with van der Waals surface area (Å²) in [4.78, 5) is 2.34. The van der Waals surface area contributed by atoms with Crippen LogP contribution in [0.1, 0.15) is 38.3 Å². The Balaban J connectivity index is 1.76. The Morgan fingerprint density at radius 3 is 2.36 bits per heavy atom. The van der Waals surface area contributed by atoms with Crippen LogP contribution in [0, 0.1) is 6.92 Å². The molecule has 0 N–H and O–H groups in total. The topological polar surface area (TPSA) is 51.4 Å². The highest BCUT2D eigenvalue weighted by molar-refractivity contribution is 5.52. The van der Waals surface area contributed by atoms with Gasteiger partial charge in [0.2, 0.25) is 11.8 Å². The van der Waals surface area contributed by atoms with Gasteiger partial charge in [0.05, 0.1) is 18.2 Å². The van der Waals surface area contributed by atoms with Gasteiger partial charge in [0.1, 0.15) is 0 Å². The van der Waals surface area contributed by atoms with E-state index in [-0.39, 0.29) is 18.2 Å². The molecule has 0 bridgehead atoms. The van der Waals surface area contributed by atoms with Gasteiger partial charge in [-0.2, -0.15) is 0 Å². The van der Waals surface area contributed by atoms with E-state index in [1.807, 2.05) is 24.3 Å². The minimum absolute atomic E-state index is 0.0977. The van der Waals surface area contributed by atoms with E-state index < -0.39 is 0 Å². The van der Waals surface area contributed by atoms with Crippen molar-refractivity contribution in [2.24, 2.45) is 0 Å². The molecular formula is C17H23N3O2. The Bertz CT molecular complexity index is 613. The fourth-order valence-corrected chi connectivity index (χ4v) is 2.91. The van der Waals surface area contributed by atoms with Crippen LogP contribution in [-0.2, 0) is 4.74 Å². The zero-order chi connectivity index (χ0) is 15.7. The molecular weight excluding hydrogens is 278 g/mol. The summed E-state index contributed by atoms with van der Waals surface area (Å²) in [7, 11) is 0. The minimum atomic E-state index is 0.0977. The van der Waals surface area contributed by atoms with Crippen molar-refractivity contribution in [3.63, 3.8) is 0 Å². The second-order valence-corrected chi connectivity index (χ2v) is 6.20. The summed E-state index contributed by atoms with van der Waals surface area (Å²) < 4.78 is 11.7. The SMILES string of the molecule is Cc1ccc(-c2nnc([C@H](C)N3C[C@@H](C)O[C@@H](C)C3)o2)cc1. The van der Waals surface area contributed by atoms with E-state index in [4.69, 9.17) is 9.15 Å². The van der Waals surface area contributed by atoms with Gasteiger partial charge in [-0.3, -0.25) is 4.90 Å². The molecule has 1 aliphatic rings. The third-order valence-electron chi connectivity index (χ3n) is 4.09. The van der Waals surface area contributed by atoms with Crippen molar-refractivity contribution >= 4 is 0 Å². The summed E-state index contributed by atoms with van der Waals surface area (Å²) in [6.45, 7) is 10.1. The third kappa shape index (κ3) is 3.20. The van der Waals surface area contributed by atoms with Crippen molar-refractivity contribution in [2.75, 3.05) is 13.1 Å². The lowest BCUT2D eigenvalue weighted by atomic mass is 10.1. The molecule has 22 heavy (non-hydrogen) atoms. The molecule has 5 nitrogen and oxygen atoms in total. The van der Waals surface area contributed by atoms with E-state index in [0.717, 1.165) is 18.7 Å². The molecule has 1 saturated heterocycles. The van der Waals surface area contributed by atoms with Gasteiger partial charge in [0, 0.05) is 18.7 Å². The predicted octanol–water partition coefficient (Wildman–Crippen LogP) is 3.22. The maximum atomic E-state index is 5.89. The smallest absolute Gasteiger partial charge is 0.247 e. The fourth-order valence-electron chi connectivity index (χ4n) is 2.91. The summed E-state index contributed by atoms with van der Waals surface area (Å²) in [6.07, 6.45) is 0.455. The molecule has 3 atom stereocenters. The highest BCUT2D eigenvalue weighted by Crippen LogP contribution is 2.26. The van der Waals surface area contributed by atoms with E-state index in [2.05, 4.69) is 42.8 Å². The molecule has 2 aromatic rings. The Hall–Kier alpha value is -1.72. The molecule has 0 spiro atoms. The first-order chi connectivity index (χ1) is 10.5. The van der Waals surface area contributed by atoms with Crippen molar-refractivity contribution < 1.29 is 9.15 Å². The van der Waals surface area contributed by atoms with Gasteiger partial charge in [-0.1, -0.05) is 17.7 Å². The van der Waals surface area contributed by atoms with Crippen molar-refractivity contribution in [2.45, 2.75) is 45.9 Å². The van der Waals surface area contributed by atoms with Crippen molar-refractivity contribution in [3.05, 3.63) is 35.7 Å². The first-order valence-electron chi connectivity index (χ1n) is 7.83. The molecule has 0 radical (unpaired) electrons. The van der Waals surface area contributed by atoms with Gasteiger partial charge in [-0.25, -0.2) is 0 Å². The maximum Gasteiger partial charge on any atom is 0.247 e. The molecule has 1 aliphatic heterocycles. The molecule has 1 fully saturated rings. The molecule has 0 saturated carbocycles. The van der Waals surface area contributed by atoms with E-state index >= 15 is 0 Å². The Morgan fingerprint density at radius 1 is 1.09 bits per heavy atom. The zero-order valence-electron chi connectivity index (χ0n) is 13.6. The largest absolute Gasteiger partial charge is 0.419 e. The van der Waals surface area contributed by atoms with Crippen LogP contribution in [-0.4, -0.2) is 40.4 Å². The number of aryl methyl sites for hydroxylation is 1. The number of ether oxygens (including phenoxy) is 1. The first-order valence-corrected chi connectivity index (χ1v) is 7.83. The fraction of sp³-hybridized carbons (Fsp3) is 0.529. The van der Waals surface area contributed by atoms with E-state index in [0.29, 0.717) is 11.8 Å².